The molecular formula is C18H14FN5S. The number of anilines is 1. The van der Waals surface area contributed by atoms with Crippen LogP contribution in [0.15, 0.2) is 53.7 Å². The third kappa shape index (κ3) is 3.92. The summed E-state index contributed by atoms with van der Waals surface area (Å²) in [6, 6.07) is 14.0. The molecule has 0 fully saturated rings. The molecule has 2 heterocycles. The van der Waals surface area contributed by atoms with E-state index < -0.39 is 5.82 Å². The van der Waals surface area contributed by atoms with Crippen molar-refractivity contribution in [1.29, 1.82) is 5.26 Å². The summed E-state index contributed by atoms with van der Waals surface area (Å²) in [5.41, 5.74) is 7.40. The van der Waals surface area contributed by atoms with Crippen LogP contribution in [0, 0.1) is 17.1 Å². The molecule has 0 radical (unpaired) electrons. The molecule has 3 rings (SSSR count). The van der Waals surface area contributed by atoms with Crippen molar-refractivity contribution in [1.82, 2.24) is 15.0 Å². The van der Waals surface area contributed by atoms with Crippen molar-refractivity contribution in [3.8, 4) is 17.3 Å². The maximum absolute atomic E-state index is 14.1. The van der Waals surface area contributed by atoms with Crippen molar-refractivity contribution < 1.29 is 4.39 Å². The predicted molar refractivity (Wildman–Crippen MR) is 95.2 cm³/mol. The number of aryl methyl sites for hydroxylation is 1. The zero-order valence-electron chi connectivity index (χ0n) is 13.2. The zero-order chi connectivity index (χ0) is 17.6. The maximum Gasteiger partial charge on any atom is 0.221 e. The third-order valence-electron chi connectivity index (χ3n) is 3.46. The number of nitriles is 1. The van der Waals surface area contributed by atoms with Crippen LogP contribution in [0.5, 0.6) is 0 Å². The molecule has 0 unspecified atom stereocenters. The van der Waals surface area contributed by atoms with Crippen molar-refractivity contribution in [3.63, 3.8) is 0 Å². The van der Waals surface area contributed by atoms with E-state index in [1.54, 1.807) is 24.4 Å². The summed E-state index contributed by atoms with van der Waals surface area (Å²) in [6.45, 7) is 0. The molecule has 0 aliphatic rings. The number of rotatable bonds is 5. The number of hydrogen-bond donors (Lipinski definition) is 1. The van der Waals surface area contributed by atoms with E-state index in [-0.39, 0.29) is 22.8 Å². The van der Waals surface area contributed by atoms with Gasteiger partial charge in [-0.3, -0.25) is 4.98 Å². The van der Waals surface area contributed by atoms with Crippen LogP contribution >= 0.6 is 11.8 Å². The summed E-state index contributed by atoms with van der Waals surface area (Å²) in [5, 5.41) is 9.99. The number of benzene rings is 1. The molecule has 124 valence electrons. The van der Waals surface area contributed by atoms with Crippen LogP contribution in [0.2, 0.25) is 0 Å². The van der Waals surface area contributed by atoms with E-state index in [2.05, 4.69) is 21.0 Å². The highest BCUT2D eigenvalue weighted by atomic mass is 32.2. The molecule has 0 saturated heterocycles. The van der Waals surface area contributed by atoms with Crippen LogP contribution in [0.25, 0.3) is 11.3 Å². The molecule has 0 amide bonds. The molecule has 0 bridgehead atoms. The van der Waals surface area contributed by atoms with Crippen LogP contribution in [-0.2, 0) is 6.42 Å². The normalized spacial score (nSPS) is 10.4. The van der Waals surface area contributed by atoms with Gasteiger partial charge in [-0.2, -0.15) is 5.26 Å². The Morgan fingerprint density at radius 3 is 2.64 bits per heavy atom. The lowest BCUT2D eigenvalue weighted by Crippen LogP contribution is -2.04. The van der Waals surface area contributed by atoms with Gasteiger partial charge >= 0.3 is 0 Å². The van der Waals surface area contributed by atoms with Crippen molar-refractivity contribution in [2.75, 3.05) is 11.5 Å². The minimum Gasteiger partial charge on any atom is -0.368 e. The second-order valence-electron chi connectivity index (χ2n) is 5.12. The van der Waals surface area contributed by atoms with Gasteiger partial charge in [-0.05, 0) is 30.7 Å². The van der Waals surface area contributed by atoms with Crippen LogP contribution < -0.4 is 5.73 Å². The van der Waals surface area contributed by atoms with E-state index in [1.165, 1.54) is 17.8 Å². The van der Waals surface area contributed by atoms with Gasteiger partial charge in [0.25, 0.3) is 0 Å². The second-order valence-corrected chi connectivity index (χ2v) is 6.21. The van der Waals surface area contributed by atoms with Gasteiger partial charge < -0.3 is 5.73 Å². The Kier molecular flexibility index (Phi) is 5.21. The highest BCUT2D eigenvalue weighted by molar-refractivity contribution is 7.99. The number of aromatic nitrogens is 3. The van der Waals surface area contributed by atoms with Crippen molar-refractivity contribution in [2.24, 2.45) is 0 Å². The molecule has 0 saturated carbocycles. The fourth-order valence-corrected chi connectivity index (χ4v) is 3.26. The standard InChI is InChI=1S/C18H14FN5S/c19-15-7-2-1-6-13(15)16-14(11-20)17(24-18(21)23-16)25-10-8-12-5-3-4-9-22-12/h1-7,9H,8,10H2,(H2,21,23,24). The average molecular weight is 351 g/mol. The fraction of sp³-hybridized carbons (Fsp3) is 0.111. The number of nitrogens with two attached hydrogens (primary N) is 1. The minimum absolute atomic E-state index is 0.0117. The average Bonchev–Trinajstić information content (AvgIpc) is 2.62. The lowest BCUT2D eigenvalue weighted by Gasteiger charge is -2.10. The Morgan fingerprint density at radius 2 is 1.92 bits per heavy atom. The number of hydrogen-bond acceptors (Lipinski definition) is 6. The summed E-state index contributed by atoms with van der Waals surface area (Å²) < 4.78 is 14.1. The SMILES string of the molecule is N#Cc1c(SCCc2ccccn2)nc(N)nc1-c1ccccc1F. The summed E-state index contributed by atoms with van der Waals surface area (Å²) in [5.74, 6) is 0.220. The number of nitrogens with zero attached hydrogens (tertiary/aromatic N) is 4. The first-order chi connectivity index (χ1) is 12.2. The number of halogens is 1. The number of nitrogen functional groups attached to an aromatic ring is 1. The Balaban J connectivity index is 1.90. The van der Waals surface area contributed by atoms with E-state index in [1.807, 2.05) is 18.2 Å². The van der Waals surface area contributed by atoms with Gasteiger partial charge in [0, 0.05) is 23.2 Å². The van der Waals surface area contributed by atoms with E-state index in [0.717, 1.165) is 12.1 Å². The van der Waals surface area contributed by atoms with E-state index in [9.17, 15) is 9.65 Å². The molecule has 2 N–H and O–H groups in total. The van der Waals surface area contributed by atoms with Crippen LogP contribution in [0.4, 0.5) is 10.3 Å². The molecule has 0 aliphatic heterocycles. The van der Waals surface area contributed by atoms with E-state index >= 15 is 0 Å². The Labute approximate surface area is 148 Å². The highest BCUT2D eigenvalue weighted by Crippen LogP contribution is 2.31. The Morgan fingerprint density at radius 1 is 1.12 bits per heavy atom. The molecule has 7 heteroatoms. The molecule has 0 aliphatic carbocycles. The predicted octanol–water partition coefficient (Wildman–Crippen LogP) is 3.47. The first-order valence-corrected chi connectivity index (χ1v) is 8.53. The molecule has 0 atom stereocenters. The lowest BCUT2D eigenvalue weighted by atomic mass is 10.1. The Bertz CT molecular complexity index is 924. The van der Waals surface area contributed by atoms with E-state index in [0.29, 0.717) is 10.8 Å². The van der Waals surface area contributed by atoms with Gasteiger partial charge in [-0.1, -0.05) is 18.2 Å². The minimum atomic E-state index is -0.457. The van der Waals surface area contributed by atoms with Gasteiger partial charge in [0.15, 0.2) is 0 Å². The van der Waals surface area contributed by atoms with Crippen molar-refractivity contribution in [3.05, 3.63) is 65.7 Å². The maximum atomic E-state index is 14.1. The number of pyridine rings is 1. The summed E-state index contributed by atoms with van der Waals surface area (Å²) in [4.78, 5) is 12.5. The van der Waals surface area contributed by atoms with Crippen molar-refractivity contribution >= 4 is 17.7 Å². The monoisotopic (exact) mass is 351 g/mol. The van der Waals surface area contributed by atoms with Crippen molar-refractivity contribution in [2.45, 2.75) is 11.4 Å². The fourth-order valence-electron chi connectivity index (χ4n) is 2.31. The van der Waals surface area contributed by atoms with Gasteiger partial charge in [-0.25, -0.2) is 14.4 Å². The first kappa shape index (κ1) is 16.9. The van der Waals surface area contributed by atoms with Crippen LogP contribution in [-0.4, -0.2) is 20.7 Å². The van der Waals surface area contributed by atoms with E-state index in [4.69, 9.17) is 5.73 Å². The molecule has 3 aromatic rings. The number of thioether (sulfide) groups is 1. The van der Waals surface area contributed by atoms with Crippen LogP contribution in [0.1, 0.15) is 11.3 Å². The van der Waals surface area contributed by atoms with Gasteiger partial charge in [-0.15, -0.1) is 11.8 Å². The molecule has 2 aromatic heterocycles. The van der Waals surface area contributed by atoms with Gasteiger partial charge in [0.05, 0.1) is 5.69 Å². The smallest absolute Gasteiger partial charge is 0.221 e. The largest absolute Gasteiger partial charge is 0.368 e. The topological polar surface area (TPSA) is 88.5 Å². The quantitative estimate of drug-likeness (QED) is 0.559. The highest BCUT2D eigenvalue weighted by Gasteiger charge is 2.18. The molecule has 5 nitrogen and oxygen atoms in total. The van der Waals surface area contributed by atoms with Crippen LogP contribution in [0.3, 0.4) is 0 Å². The third-order valence-corrected chi connectivity index (χ3v) is 4.43. The van der Waals surface area contributed by atoms with Gasteiger partial charge in [0.1, 0.15) is 22.5 Å². The zero-order valence-corrected chi connectivity index (χ0v) is 14.0. The molecule has 0 spiro atoms. The Hall–Kier alpha value is -2.98. The first-order valence-electron chi connectivity index (χ1n) is 7.54. The summed E-state index contributed by atoms with van der Waals surface area (Å²) in [6.07, 6.45) is 2.45. The second kappa shape index (κ2) is 7.73. The lowest BCUT2D eigenvalue weighted by molar-refractivity contribution is 0.630. The summed E-state index contributed by atoms with van der Waals surface area (Å²) >= 11 is 1.38. The molecule has 1 aromatic carbocycles. The molecular weight excluding hydrogens is 337 g/mol. The van der Waals surface area contributed by atoms with Gasteiger partial charge in [0.2, 0.25) is 5.95 Å². The molecule has 25 heavy (non-hydrogen) atoms. The summed E-state index contributed by atoms with van der Waals surface area (Å²) in [7, 11) is 0.